The van der Waals surface area contributed by atoms with Crippen LogP contribution in [0.4, 0.5) is 0 Å². The maximum absolute atomic E-state index is 13.9. The van der Waals surface area contributed by atoms with E-state index in [9.17, 15) is 9.59 Å². The number of amides is 2. The van der Waals surface area contributed by atoms with E-state index in [-0.39, 0.29) is 36.3 Å². The van der Waals surface area contributed by atoms with Crippen LogP contribution >= 0.6 is 39.1 Å². The van der Waals surface area contributed by atoms with Crippen LogP contribution in [0.5, 0.6) is 5.75 Å². The summed E-state index contributed by atoms with van der Waals surface area (Å²) in [5.41, 5.74) is 2.61. The van der Waals surface area contributed by atoms with Crippen molar-refractivity contribution < 1.29 is 14.3 Å². The van der Waals surface area contributed by atoms with Gasteiger partial charge in [-0.2, -0.15) is 0 Å². The zero-order valence-electron chi connectivity index (χ0n) is 23.6. The quantitative estimate of drug-likeness (QED) is 0.231. The Balaban J connectivity index is 1.95. The van der Waals surface area contributed by atoms with Gasteiger partial charge in [0.2, 0.25) is 5.91 Å². The van der Waals surface area contributed by atoms with Crippen LogP contribution in [0.25, 0.3) is 0 Å². The molecule has 3 aromatic carbocycles. The number of carbonyl (C=O) groups is 2. The summed E-state index contributed by atoms with van der Waals surface area (Å²) in [4.78, 5) is 29.0. The molecule has 8 heteroatoms. The molecule has 40 heavy (non-hydrogen) atoms. The Hall–Kier alpha value is -2.54. The van der Waals surface area contributed by atoms with Crippen LogP contribution in [-0.4, -0.2) is 35.9 Å². The predicted molar refractivity (Wildman–Crippen MR) is 167 cm³/mol. The summed E-state index contributed by atoms with van der Waals surface area (Å²) < 4.78 is 6.74. The lowest BCUT2D eigenvalue weighted by Crippen LogP contribution is -2.52. The lowest BCUT2D eigenvalue weighted by molar-refractivity contribution is -0.142. The number of benzene rings is 3. The highest BCUT2D eigenvalue weighted by Crippen LogP contribution is 2.32. The maximum Gasteiger partial charge on any atom is 0.261 e. The monoisotopic (exact) mass is 646 g/mol. The molecule has 0 bridgehead atoms. The first-order valence-corrected chi connectivity index (χ1v) is 14.9. The standard InChI is InChI=1S/C32H37BrCl2N2O3/c1-21(2)18-36-31(39)28(16-22-10-7-6-8-11-22)37(19-24-26(34)12-9-13-27(24)35)30(38)20-40-29-15-14-23(17-25(29)33)32(3,4)5/h6-15,17,21,28H,16,18-20H2,1-5H3,(H,36,39)/t28-/m1/s1. The van der Waals surface area contributed by atoms with Crippen LogP contribution in [0.2, 0.25) is 10.0 Å². The largest absolute Gasteiger partial charge is 0.483 e. The van der Waals surface area contributed by atoms with Crippen LogP contribution in [0.1, 0.15) is 51.3 Å². The molecule has 0 saturated heterocycles. The average molecular weight is 648 g/mol. The summed E-state index contributed by atoms with van der Waals surface area (Å²) in [6.07, 6.45) is 0.322. The number of ether oxygens (including phenoxy) is 1. The van der Waals surface area contributed by atoms with Crippen LogP contribution < -0.4 is 10.1 Å². The van der Waals surface area contributed by atoms with Gasteiger partial charge >= 0.3 is 0 Å². The maximum atomic E-state index is 13.9. The lowest BCUT2D eigenvalue weighted by Gasteiger charge is -2.32. The second-order valence-electron chi connectivity index (χ2n) is 11.3. The molecular weight excluding hydrogens is 611 g/mol. The molecule has 0 spiro atoms. The molecule has 0 heterocycles. The number of hydrogen-bond acceptors (Lipinski definition) is 3. The van der Waals surface area contributed by atoms with Crippen molar-refractivity contribution in [3.63, 3.8) is 0 Å². The van der Waals surface area contributed by atoms with E-state index in [4.69, 9.17) is 27.9 Å². The highest BCUT2D eigenvalue weighted by Gasteiger charge is 2.32. The van der Waals surface area contributed by atoms with E-state index >= 15 is 0 Å². The Bertz CT molecular complexity index is 1290. The van der Waals surface area contributed by atoms with Gasteiger partial charge in [0.05, 0.1) is 4.47 Å². The van der Waals surface area contributed by atoms with E-state index in [1.54, 1.807) is 18.2 Å². The fourth-order valence-electron chi connectivity index (χ4n) is 4.14. The first-order valence-electron chi connectivity index (χ1n) is 13.3. The summed E-state index contributed by atoms with van der Waals surface area (Å²) in [6, 6.07) is 19.9. The van der Waals surface area contributed by atoms with E-state index in [2.05, 4.69) is 42.0 Å². The molecule has 3 rings (SSSR count). The van der Waals surface area contributed by atoms with Crippen molar-refractivity contribution >= 4 is 50.9 Å². The Morgan fingerprint density at radius 2 is 1.62 bits per heavy atom. The Labute approximate surface area is 256 Å². The van der Waals surface area contributed by atoms with E-state index < -0.39 is 6.04 Å². The summed E-state index contributed by atoms with van der Waals surface area (Å²) >= 11 is 16.6. The number of rotatable bonds is 11. The van der Waals surface area contributed by atoms with Gasteiger partial charge in [0.25, 0.3) is 5.91 Å². The number of nitrogens with zero attached hydrogens (tertiary/aromatic N) is 1. The number of nitrogens with one attached hydrogen (secondary N) is 1. The number of halogens is 3. The molecule has 0 aliphatic rings. The van der Waals surface area contributed by atoms with E-state index in [0.717, 1.165) is 15.6 Å². The van der Waals surface area contributed by atoms with Gasteiger partial charge in [0, 0.05) is 35.1 Å². The Kier molecular flexibility index (Phi) is 11.5. The van der Waals surface area contributed by atoms with Crippen molar-refractivity contribution in [2.45, 2.75) is 59.0 Å². The minimum absolute atomic E-state index is 0.0318. The third-order valence-electron chi connectivity index (χ3n) is 6.49. The molecule has 0 fully saturated rings. The fraction of sp³-hybridized carbons (Fsp3) is 0.375. The van der Waals surface area contributed by atoms with Crippen molar-refractivity contribution in [1.29, 1.82) is 0 Å². The topological polar surface area (TPSA) is 58.6 Å². The Morgan fingerprint density at radius 1 is 0.975 bits per heavy atom. The lowest BCUT2D eigenvalue weighted by atomic mass is 9.87. The van der Waals surface area contributed by atoms with Gasteiger partial charge in [-0.3, -0.25) is 9.59 Å². The van der Waals surface area contributed by atoms with Gasteiger partial charge in [-0.25, -0.2) is 0 Å². The molecule has 1 N–H and O–H groups in total. The molecule has 5 nitrogen and oxygen atoms in total. The predicted octanol–water partition coefficient (Wildman–Crippen LogP) is 7.84. The first-order chi connectivity index (χ1) is 18.9. The molecule has 0 saturated carbocycles. The van der Waals surface area contributed by atoms with Crippen molar-refractivity contribution in [3.05, 3.63) is 97.9 Å². The molecule has 0 aliphatic carbocycles. The fourth-order valence-corrected chi connectivity index (χ4v) is 5.15. The van der Waals surface area contributed by atoms with Gasteiger partial charge in [0.15, 0.2) is 6.61 Å². The molecule has 3 aromatic rings. The SMILES string of the molecule is CC(C)CNC(=O)[C@@H](Cc1ccccc1)N(Cc1c(Cl)cccc1Cl)C(=O)COc1ccc(C(C)(C)C)cc1Br. The second-order valence-corrected chi connectivity index (χ2v) is 12.9. The zero-order chi connectivity index (χ0) is 29.4. The molecule has 1 atom stereocenters. The van der Waals surface area contributed by atoms with Gasteiger partial charge < -0.3 is 15.0 Å². The highest BCUT2D eigenvalue weighted by molar-refractivity contribution is 9.10. The summed E-state index contributed by atoms with van der Waals surface area (Å²) in [7, 11) is 0. The van der Waals surface area contributed by atoms with Gasteiger partial charge in [0.1, 0.15) is 11.8 Å². The molecule has 214 valence electrons. The zero-order valence-corrected chi connectivity index (χ0v) is 26.7. The molecule has 0 unspecified atom stereocenters. The van der Waals surface area contributed by atoms with Crippen molar-refractivity contribution in [2.75, 3.05) is 13.2 Å². The normalized spacial score (nSPS) is 12.2. The average Bonchev–Trinajstić information content (AvgIpc) is 2.89. The smallest absolute Gasteiger partial charge is 0.261 e. The number of hydrogen-bond donors (Lipinski definition) is 1. The van der Waals surface area contributed by atoms with Crippen LogP contribution in [0, 0.1) is 5.92 Å². The van der Waals surface area contributed by atoms with Crippen molar-refractivity contribution in [2.24, 2.45) is 5.92 Å². The summed E-state index contributed by atoms with van der Waals surface area (Å²) in [5, 5.41) is 3.86. The van der Waals surface area contributed by atoms with Gasteiger partial charge in [-0.05, 0) is 62.7 Å². The van der Waals surface area contributed by atoms with E-state index in [1.807, 2.05) is 62.4 Å². The van der Waals surface area contributed by atoms with Crippen LogP contribution in [-0.2, 0) is 28.0 Å². The molecule has 0 radical (unpaired) electrons. The van der Waals surface area contributed by atoms with Crippen LogP contribution in [0.15, 0.2) is 71.2 Å². The van der Waals surface area contributed by atoms with Gasteiger partial charge in [-0.1, -0.05) is 100 Å². The highest BCUT2D eigenvalue weighted by atomic mass is 79.9. The third kappa shape index (κ3) is 8.98. The molecule has 2 amide bonds. The van der Waals surface area contributed by atoms with E-state index in [0.29, 0.717) is 34.3 Å². The van der Waals surface area contributed by atoms with Crippen LogP contribution in [0.3, 0.4) is 0 Å². The van der Waals surface area contributed by atoms with Gasteiger partial charge in [-0.15, -0.1) is 0 Å². The van der Waals surface area contributed by atoms with Crippen molar-refractivity contribution in [1.82, 2.24) is 10.2 Å². The molecular formula is C32H37BrCl2N2O3. The molecule has 0 aromatic heterocycles. The van der Waals surface area contributed by atoms with Crippen molar-refractivity contribution in [3.8, 4) is 5.75 Å². The summed E-state index contributed by atoms with van der Waals surface area (Å²) in [5.74, 6) is 0.189. The first kappa shape index (κ1) is 32.0. The van der Waals surface area contributed by atoms with E-state index in [1.165, 1.54) is 4.90 Å². The minimum atomic E-state index is -0.809. The minimum Gasteiger partial charge on any atom is -0.483 e. The second kappa shape index (κ2) is 14.4. The molecule has 0 aliphatic heterocycles. The third-order valence-corrected chi connectivity index (χ3v) is 7.82. The number of carbonyl (C=O) groups excluding carboxylic acids is 2. The summed E-state index contributed by atoms with van der Waals surface area (Å²) in [6.45, 7) is 10.7. The Morgan fingerprint density at radius 3 is 2.20 bits per heavy atom.